The van der Waals surface area contributed by atoms with Crippen molar-refractivity contribution in [3.63, 3.8) is 0 Å². The van der Waals surface area contributed by atoms with Gasteiger partial charge in [0.15, 0.2) is 11.6 Å². The van der Waals surface area contributed by atoms with Crippen LogP contribution in [0.3, 0.4) is 0 Å². The van der Waals surface area contributed by atoms with E-state index in [0.717, 1.165) is 18.4 Å². The van der Waals surface area contributed by atoms with Crippen LogP contribution in [0.15, 0.2) is 24.5 Å². The van der Waals surface area contributed by atoms with Crippen molar-refractivity contribution in [3.8, 4) is 17.5 Å². The van der Waals surface area contributed by atoms with E-state index < -0.39 is 11.4 Å². The third-order valence-electron chi connectivity index (χ3n) is 5.86. The second-order valence-electron chi connectivity index (χ2n) is 9.63. The van der Waals surface area contributed by atoms with Crippen LogP contribution < -0.4 is 9.47 Å². The highest BCUT2D eigenvalue weighted by molar-refractivity contribution is 5.69. The van der Waals surface area contributed by atoms with Crippen LogP contribution in [0.2, 0.25) is 0 Å². The predicted molar refractivity (Wildman–Crippen MR) is 117 cm³/mol. The number of carbonyl (C=O) groups is 1. The first kappa shape index (κ1) is 22.3. The number of aromatic nitrogens is 2. The zero-order valence-corrected chi connectivity index (χ0v) is 19.2. The SMILES string of the molecule is Cc1ccc(Oc2ncnc(OC3CC4CC[C@@H](C3)N4C(=O)OC(C)(C)C)c2C)c(F)c1. The van der Waals surface area contributed by atoms with Crippen molar-refractivity contribution in [2.75, 3.05) is 0 Å². The lowest BCUT2D eigenvalue weighted by molar-refractivity contribution is -0.00773. The Labute approximate surface area is 187 Å². The quantitative estimate of drug-likeness (QED) is 0.636. The number of hydrogen-bond donors (Lipinski definition) is 0. The van der Waals surface area contributed by atoms with Gasteiger partial charge in [0.2, 0.25) is 11.8 Å². The van der Waals surface area contributed by atoms with Crippen LogP contribution in [-0.2, 0) is 4.74 Å². The van der Waals surface area contributed by atoms with Gasteiger partial charge in [0.25, 0.3) is 0 Å². The molecule has 2 aliphatic rings. The van der Waals surface area contributed by atoms with Gasteiger partial charge in [0, 0.05) is 24.9 Å². The van der Waals surface area contributed by atoms with Gasteiger partial charge in [-0.25, -0.2) is 19.2 Å². The van der Waals surface area contributed by atoms with Crippen molar-refractivity contribution in [3.05, 3.63) is 41.5 Å². The van der Waals surface area contributed by atoms with Crippen LogP contribution >= 0.6 is 0 Å². The Morgan fingerprint density at radius 3 is 2.38 bits per heavy atom. The van der Waals surface area contributed by atoms with Crippen LogP contribution in [0.4, 0.5) is 9.18 Å². The second-order valence-corrected chi connectivity index (χ2v) is 9.63. The van der Waals surface area contributed by atoms with E-state index in [1.807, 2.05) is 32.6 Å². The Balaban J connectivity index is 1.44. The first-order chi connectivity index (χ1) is 15.1. The maximum atomic E-state index is 14.2. The summed E-state index contributed by atoms with van der Waals surface area (Å²) in [5.41, 5.74) is 0.898. The van der Waals surface area contributed by atoms with E-state index in [1.54, 1.807) is 19.1 Å². The van der Waals surface area contributed by atoms with Crippen molar-refractivity contribution in [2.45, 2.75) is 84.1 Å². The van der Waals surface area contributed by atoms with Crippen molar-refractivity contribution >= 4 is 6.09 Å². The number of fused-ring (bicyclic) bond motifs is 2. The number of rotatable bonds is 4. The molecule has 172 valence electrons. The van der Waals surface area contributed by atoms with Crippen LogP contribution in [0.5, 0.6) is 17.5 Å². The molecule has 32 heavy (non-hydrogen) atoms. The number of hydrogen-bond acceptors (Lipinski definition) is 6. The fourth-order valence-corrected chi connectivity index (χ4v) is 4.43. The summed E-state index contributed by atoms with van der Waals surface area (Å²) < 4.78 is 31.7. The molecule has 4 rings (SSSR count). The van der Waals surface area contributed by atoms with E-state index in [9.17, 15) is 9.18 Å². The first-order valence-corrected chi connectivity index (χ1v) is 11.0. The molecule has 8 heteroatoms. The summed E-state index contributed by atoms with van der Waals surface area (Å²) in [5.74, 6) is 0.327. The summed E-state index contributed by atoms with van der Waals surface area (Å²) in [5, 5.41) is 0. The molecule has 3 heterocycles. The molecule has 0 N–H and O–H groups in total. The first-order valence-electron chi connectivity index (χ1n) is 11.0. The highest BCUT2D eigenvalue weighted by Crippen LogP contribution is 2.39. The number of piperidine rings is 1. The lowest BCUT2D eigenvalue weighted by Gasteiger charge is -2.39. The molecule has 2 unspecified atom stereocenters. The summed E-state index contributed by atoms with van der Waals surface area (Å²) >= 11 is 0. The van der Waals surface area contributed by atoms with E-state index in [0.29, 0.717) is 24.3 Å². The Morgan fingerprint density at radius 1 is 1.09 bits per heavy atom. The number of amides is 1. The normalized spacial score (nSPS) is 22.6. The van der Waals surface area contributed by atoms with Crippen LogP contribution in [0.25, 0.3) is 0 Å². The van der Waals surface area contributed by atoms with Gasteiger partial charge in [-0.05, 0) is 65.2 Å². The largest absolute Gasteiger partial charge is 0.474 e. The Hall–Kier alpha value is -2.90. The molecule has 2 saturated heterocycles. The van der Waals surface area contributed by atoms with Crippen molar-refractivity contribution in [1.29, 1.82) is 0 Å². The average molecular weight is 444 g/mol. The minimum Gasteiger partial charge on any atom is -0.474 e. The fraction of sp³-hybridized carbons (Fsp3) is 0.542. The topological polar surface area (TPSA) is 73.8 Å². The average Bonchev–Trinajstić information content (AvgIpc) is 2.97. The Kier molecular flexibility index (Phi) is 5.97. The standard InChI is InChI=1S/C24H30FN3O4/c1-14-6-9-20(19(25)10-14)31-22-15(2)21(26-13-27-22)30-18-11-16-7-8-17(12-18)28(16)23(29)32-24(3,4)5/h6,9-10,13,16-18H,7-8,11-12H2,1-5H3/t16-,17?,18?/m0/s1. The summed E-state index contributed by atoms with van der Waals surface area (Å²) in [4.78, 5) is 23.0. The van der Waals surface area contributed by atoms with Gasteiger partial charge in [-0.2, -0.15) is 0 Å². The summed E-state index contributed by atoms with van der Waals surface area (Å²) in [6.45, 7) is 9.24. The van der Waals surface area contributed by atoms with Crippen molar-refractivity contribution < 1.29 is 23.4 Å². The maximum Gasteiger partial charge on any atom is 0.410 e. The molecular formula is C24H30FN3O4. The van der Waals surface area contributed by atoms with E-state index >= 15 is 0 Å². The molecule has 0 radical (unpaired) electrons. The molecule has 0 aliphatic carbocycles. The van der Waals surface area contributed by atoms with E-state index in [2.05, 4.69) is 9.97 Å². The molecule has 2 aromatic rings. The van der Waals surface area contributed by atoms with Gasteiger partial charge in [-0.15, -0.1) is 0 Å². The van der Waals surface area contributed by atoms with E-state index in [1.165, 1.54) is 12.4 Å². The van der Waals surface area contributed by atoms with Gasteiger partial charge in [-0.3, -0.25) is 0 Å². The molecule has 3 atom stereocenters. The molecule has 1 amide bonds. The predicted octanol–water partition coefficient (Wildman–Crippen LogP) is 5.33. The van der Waals surface area contributed by atoms with E-state index in [4.69, 9.17) is 14.2 Å². The molecule has 7 nitrogen and oxygen atoms in total. The highest BCUT2D eigenvalue weighted by Gasteiger charge is 2.45. The number of nitrogens with zero attached hydrogens (tertiary/aromatic N) is 3. The Bertz CT molecular complexity index is 993. The summed E-state index contributed by atoms with van der Waals surface area (Å²) in [6.07, 6.45) is 4.32. The van der Waals surface area contributed by atoms with Crippen molar-refractivity contribution in [1.82, 2.24) is 14.9 Å². The highest BCUT2D eigenvalue weighted by atomic mass is 19.1. The lowest BCUT2D eigenvalue weighted by Crippen LogP contribution is -2.50. The van der Waals surface area contributed by atoms with Gasteiger partial charge in [0.1, 0.15) is 18.0 Å². The van der Waals surface area contributed by atoms with Crippen molar-refractivity contribution in [2.24, 2.45) is 0 Å². The molecule has 1 aromatic heterocycles. The Morgan fingerprint density at radius 2 is 1.75 bits per heavy atom. The number of benzene rings is 1. The van der Waals surface area contributed by atoms with Crippen LogP contribution in [0.1, 0.15) is 57.6 Å². The summed E-state index contributed by atoms with van der Waals surface area (Å²) in [6, 6.07) is 4.95. The second kappa shape index (κ2) is 8.56. The smallest absolute Gasteiger partial charge is 0.410 e. The fourth-order valence-electron chi connectivity index (χ4n) is 4.43. The zero-order valence-electron chi connectivity index (χ0n) is 19.2. The van der Waals surface area contributed by atoms with Gasteiger partial charge in [0.05, 0.1) is 5.56 Å². The molecule has 2 fully saturated rings. The lowest BCUT2D eigenvalue weighted by atomic mass is 10.00. The van der Waals surface area contributed by atoms with E-state index in [-0.39, 0.29) is 35.9 Å². The molecule has 2 aliphatic heterocycles. The van der Waals surface area contributed by atoms with Crippen LogP contribution in [0, 0.1) is 19.7 Å². The maximum absolute atomic E-state index is 14.2. The third kappa shape index (κ3) is 4.79. The third-order valence-corrected chi connectivity index (χ3v) is 5.86. The molecular weight excluding hydrogens is 413 g/mol. The summed E-state index contributed by atoms with van der Waals surface area (Å²) in [7, 11) is 0. The monoisotopic (exact) mass is 443 g/mol. The molecule has 1 aromatic carbocycles. The molecule has 0 spiro atoms. The minimum atomic E-state index is -0.519. The number of halogens is 1. The molecule has 0 saturated carbocycles. The number of ether oxygens (including phenoxy) is 3. The van der Waals surface area contributed by atoms with Crippen LogP contribution in [-0.4, -0.2) is 44.7 Å². The zero-order chi connectivity index (χ0) is 23.0. The molecule has 2 bridgehead atoms. The van der Waals surface area contributed by atoms with Gasteiger partial charge < -0.3 is 19.1 Å². The number of aryl methyl sites for hydroxylation is 1. The number of carbonyl (C=O) groups excluding carboxylic acids is 1. The van der Waals surface area contributed by atoms with Gasteiger partial charge >= 0.3 is 6.09 Å². The minimum absolute atomic E-state index is 0.0799. The van der Waals surface area contributed by atoms with Gasteiger partial charge in [-0.1, -0.05) is 6.07 Å².